The van der Waals surface area contributed by atoms with E-state index in [-0.39, 0.29) is 52.7 Å². The fourth-order valence-corrected chi connectivity index (χ4v) is 10.4. The molecule has 5 nitrogen and oxygen atoms in total. The molecule has 0 spiro atoms. The van der Waals surface area contributed by atoms with Gasteiger partial charge in [-0.25, -0.2) is 21.6 Å². The molecule has 0 aromatic heterocycles. The Morgan fingerprint density at radius 3 is 2.45 bits per heavy atom. The van der Waals surface area contributed by atoms with Crippen LogP contribution in [0.2, 0.25) is 5.02 Å². The third-order valence-electron chi connectivity index (χ3n) is 10.0. The van der Waals surface area contributed by atoms with Gasteiger partial charge in [0, 0.05) is 24.7 Å². The maximum atomic E-state index is 14.3. The van der Waals surface area contributed by atoms with Crippen molar-refractivity contribution in [3.05, 3.63) is 64.9 Å². The van der Waals surface area contributed by atoms with Gasteiger partial charge < -0.3 is 5.32 Å². The molecule has 3 atom stereocenters. The second-order valence-electron chi connectivity index (χ2n) is 13.7. The number of nitrogens with one attached hydrogen (secondary N) is 1. The van der Waals surface area contributed by atoms with Crippen LogP contribution in [0.15, 0.2) is 58.4 Å². The van der Waals surface area contributed by atoms with Crippen molar-refractivity contribution >= 4 is 33.1 Å². The summed E-state index contributed by atoms with van der Waals surface area (Å²) in [4.78, 5) is 18.5. The van der Waals surface area contributed by atoms with Gasteiger partial charge in [-0.3, -0.25) is 9.79 Å². The van der Waals surface area contributed by atoms with Crippen molar-refractivity contribution in [2.45, 2.75) is 99.3 Å². The summed E-state index contributed by atoms with van der Waals surface area (Å²) < 4.78 is 70.2. The van der Waals surface area contributed by atoms with E-state index in [4.69, 9.17) is 16.6 Å². The molecule has 2 unspecified atom stereocenters. The number of halogens is 4. The Hall–Kier alpha value is -2.39. The van der Waals surface area contributed by atoms with Crippen LogP contribution in [-0.4, -0.2) is 42.8 Å². The third kappa shape index (κ3) is 5.08. The third-order valence-corrected chi connectivity index (χ3v) is 12.7. The molecular weight excluding hydrogens is 585 g/mol. The quantitative estimate of drug-likeness (QED) is 0.329. The second kappa shape index (κ2) is 10.1. The van der Waals surface area contributed by atoms with Gasteiger partial charge >= 0.3 is 0 Å². The molecule has 226 valence electrons. The van der Waals surface area contributed by atoms with Crippen molar-refractivity contribution < 1.29 is 26.4 Å². The number of benzene rings is 2. The molecular formula is C32H36ClF3N2O3S. The van der Waals surface area contributed by atoms with Gasteiger partial charge in [0.05, 0.1) is 20.7 Å². The van der Waals surface area contributed by atoms with E-state index in [1.165, 1.54) is 12.1 Å². The molecule has 5 aliphatic rings. The first kappa shape index (κ1) is 29.7. The summed E-state index contributed by atoms with van der Waals surface area (Å²) in [5.41, 5.74) is -1.02. The van der Waals surface area contributed by atoms with E-state index in [9.17, 15) is 26.4 Å². The van der Waals surface area contributed by atoms with Crippen molar-refractivity contribution in [3.63, 3.8) is 0 Å². The number of Topliss-reactive ketones (excluding diaryl/α,β-unsaturated/α-hetero) is 1. The lowest BCUT2D eigenvalue weighted by Crippen LogP contribution is -2.72. The van der Waals surface area contributed by atoms with E-state index in [2.05, 4.69) is 5.32 Å². The van der Waals surface area contributed by atoms with E-state index >= 15 is 0 Å². The predicted octanol–water partition coefficient (Wildman–Crippen LogP) is 6.97. The van der Waals surface area contributed by atoms with Crippen molar-refractivity contribution in [1.29, 1.82) is 0 Å². The Balaban J connectivity index is 1.20. The number of nitrogens with zero attached hydrogens (tertiary/aromatic N) is 1. The number of hydrogen-bond acceptors (Lipinski definition) is 5. The van der Waals surface area contributed by atoms with Gasteiger partial charge in [-0.2, -0.15) is 0 Å². The Morgan fingerprint density at radius 2 is 1.81 bits per heavy atom. The lowest BCUT2D eigenvalue weighted by Gasteiger charge is -2.72. The summed E-state index contributed by atoms with van der Waals surface area (Å²) in [7, 11) is -3.76. The van der Waals surface area contributed by atoms with E-state index in [0.717, 1.165) is 5.84 Å². The molecule has 1 N–H and O–H groups in total. The number of aliphatic imine (C=N–C) groups is 1. The number of sulfone groups is 1. The van der Waals surface area contributed by atoms with Gasteiger partial charge in [-0.05, 0) is 93.5 Å². The largest absolute Gasteiger partial charge is 0.361 e. The van der Waals surface area contributed by atoms with E-state index in [1.54, 1.807) is 36.4 Å². The summed E-state index contributed by atoms with van der Waals surface area (Å²) in [5.74, 6) is -3.01. The molecule has 4 aliphatic carbocycles. The van der Waals surface area contributed by atoms with Crippen LogP contribution in [0.4, 0.5) is 13.2 Å². The first-order valence-electron chi connectivity index (χ1n) is 14.7. The average Bonchev–Trinajstić information content (AvgIpc) is 3.18. The molecule has 1 heterocycles. The normalized spacial score (nSPS) is 31.7. The standard InChI is InChI=1S/C32H36ClF3N2O3S/c1-29(2)27(25(39)14-21-7-6-12-32(35,36)16-21)37-28(38-29)31-17-30(18-31,19-31)26(15-20-10-11-23(33)24(34)13-20)42(40,41)22-8-4-3-5-9-22/h3-5,8-11,13,21,26-27H,6-7,12,14-19H2,1-2H3,(H,37,38)/t21?,26?,27-,30?,31?/m0/s1. The Bertz CT molecular complexity index is 1520. The first-order chi connectivity index (χ1) is 19.6. The zero-order chi connectivity index (χ0) is 30.1. The Morgan fingerprint density at radius 1 is 1.12 bits per heavy atom. The van der Waals surface area contributed by atoms with E-state index < -0.39 is 43.8 Å². The predicted molar refractivity (Wildman–Crippen MR) is 156 cm³/mol. The van der Waals surface area contributed by atoms with Crippen molar-refractivity contribution in [1.82, 2.24) is 5.32 Å². The minimum absolute atomic E-state index is 0.0140. The van der Waals surface area contributed by atoms with Crippen LogP contribution in [0.3, 0.4) is 0 Å². The van der Waals surface area contributed by atoms with Crippen molar-refractivity contribution in [2.24, 2.45) is 21.7 Å². The molecule has 42 heavy (non-hydrogen) atoms. The molecule has 2 bridgehead atoms. The molecule has 2 aromatic rings. The molecule has 7 rings (SSSR count). The fraction of sp³-hybridized carbons (Fsp3) is 0.562. The zero-order valence-corrected chi connectivity index (χ0v) is 25.4. The molecule has 0 amide bonds. The number of ketones is 1. The molecule has 0 radical (unpaired) electrons. The summed E-state index contributed by atoms with van der Waals surface area (Å²) in [6.45, 7) is 3.76. The van der Waals surface area contributed by atoms with Crippen LogP contribution in [0, 0.1) is 22.6 Å². The summed E-state index contributed by atoms with van der Waals surface area (Å²) in [6.07, 6.45) is 2.71. The number of carbonyl (C=O) groups is 1. The van der Waals surface area contributed by atoms with Crippen LogP contribution in [0.1, 0.15) is 70.8 Å². The summed E-state index contributed by atoms with van der Waals surface area (Å²) >= 11 is 5.88. The maximum Gasteiger partial charge on any atom is 0.248 e. The monoisotopic (exact) mass is 620 g/mol. The van der Waals surface area contributed by atoms with E-state index in [0.29, 0.717) is 37.7 Å². The highest BCUT2D eigenvalue weighted by molar-refractivity contribution is 7.92. The number of rotatable bonds is 9. The van der Waals surface area contributed by atoms with Gasteiger partial charge in [0.1, 0.15) is 17.7 Å². The topological polar surface area (TPSA) is 75.6 Å². The van der Waals surface area contributed by atoms with Gasteiger partial charge in [0.25, 0.3) is 0 Å². The summed E-state index contributed by atoms with van der Waals surface area (Å²) in [6, 6.07) is 12.2. The fourth-order valence-electron chi connectivity index (χ4n) is 8.07. The minimum Gasteiger partial charge on any atom is -0.361 e. The molecule has 0 saturated heterocycles. The molecule has 1 aliphatic heterocycles. The Kier molecular flexibility index (Phi) is 7.12. The minimum atomic E-state index is -3.76. The van der Waals surface area contributed by atoms with Crippen LogP contribution in [-0.2, 0) is 21.1 Å². The lowest BCUT2D eigenvalue weighted by molar-refractivity contribution is -0.156. The zero-order valence-electron chi connectivity index (χ0n) is 23.8. The molecule has 4 saturated carbocycles. The van der Waals surface area contributed by atoms with E-state index in [1.807, 2.05) is 13.8 Å². The van der Waals surface area contributed by atoms with Crippen LogP contribution >= 0.6 is 11.6 Å². The van der Waals surface area contributed by atoms with Crippen LogP contribution < -0.4 is 5.32 Å². The second-order valence-corrected chi connectivity index (χ2v) is 16.2. The highest BCUT2D eigenvalue weighted by Gasteiger charge is 2.75. The molecule has 4 fully saturated rings. The van der Waals surface area contributed by atoms with Gasteiger partial charge in [-0.15, -0.1) is 0 Å². The van der Waals surface area contributed by atoms with Gasteiger partial charge in [0.15, 0.2) is 15.6 Å². The van der Waals surface area contributed by atoms with Gasteiger partial charge in [-0.1, -0.05) is 35.9 Å². The number of alkyl halides is 2. The van der Waals surface area contributed by atoms with Gasteiger partial charge in [0.2, 0.25) is 5.92 Å². The SMILES string of the molecule is CC1(C)N=C(C23CC(C(Cc4ccc(Cl)c(F)c4)S(=O)(=O)c4ccccc4)(C2)C3)N[C@H]1C(=O)CC1CCCC(F)(F)C1. The first-order valence-corrected chi connectivity index (χ1v) is 16.6. The lowest BCUT2D eigenvalue weighted by atomic mass is 9.33. The van der Waals surface area contributed by atoms with Crippen LogP contribution in [0.25, 0.3) is 0 Å². The highest BCUT2D eigenvalue weighted by atomic mass is 35.5. The number of carbonyl (C=O) groups excluding carboxylic acids is 1. The number of amidine groups is 1. The average molecular weight is 621 g/mol. The molecule has 2 aromatic carbocycles. The Labute approximate surface area is 250 Å². The number of hydrogen-bond donors (Lipinski definition) is 1. The van der Waals surface area contributed by atoms with Crippen molar-refractivity contribution in [2.75, 3.05) is 0 Å². The smallest absolute Gasteiger partial charge is 0.248 e. The molecule has 10 heteroatoms. The highest BCUT2D eigenvalue weighted by Crippen LogP contribution is 2.76. The summed E-state index contributed by atoms with van der Waals surface area (Å²) in [5, 5.41) is 2.58. The van der Waals surface area contributed by atoms with Crippen molar-refractivity contribution in [3.8, 4) is 0 Å². The van der Waals surface area contributed by atoms with Crippen LogP contribution in [0.5, 0.6) is 0 Å². The maximum absolute atomic E-state index is 14.3.